The van der Waals surface area contributed by atoms with Crippen LogP contribution in [0.5, 0.6) is 0 Å². The first-order valence-corrected chi connectivity index (χ1v) is 5.40. The largest absolute Gasteiger partial charge is 0.481 e. The average molecular weight is 306 g/mol. The van der Waals surface area contributed by atoms with Crippen molar-refractivity contribution < 1.29 is 37.8 Å². The molecule has 1 heterocycles. The summed E-state index contributed by atoms with van der Waals surface area (Å²) in [5, 5.41) is 19.1. The van der Waals surface area contributed by atoms with E-state index in [1.54, 1.807) is 0 Å². The maximum Gasteiger partial charge on any atom is 0.417 e. The van der Waals surface area contributed by atoms with Crippen molar-refractivity contribution in [3.8, 4) is 0 Å². The second kappa shape index (κ2) is 6.20. The van der Waals surface area contributed by atoms with E-state index < -0.39 is 47.7 Å². The summed E-state index contributed by atoms with van der Waals surface area (Å²) in [5.74, 6) is -4.13. The number of alkyl halides is 3. The van der Waals surface area contributed by atoms with Gasteiger partial charge in [-0.3, -0.25) is 14.6 Å². The Morgan fingerprint density at radius 3 is 2.24 bits per heavy atom. The van der Waals surface area contributed by atoms with Gasteiger partial charge in [0.25, 0.3) is 5.91 Å². The number of halogens is 3. The SMILES string of the molecule is O=C(O)CC(NC(=O)c1ccc(C(F)(F)F)cn1)C(=O)O. The third kappa shape index (κ3) is 4.75. The van der Waals surface area contributed by atoms with Crippen molar-refractivity contribution in [2.24, 2.45) is 0 Å². The van der Waals surface area contributed by atoms with Gasteiger partial charge in [-0.2, -0.15) is 13.2 Å². The molecule has 7 nitrogen and oxygen atoms in total. The van der Waals surface area contributed by atoms with Crippen molar-refractivity contribution in [2.75, 3.05) is 0 Å². The summed E-state index contributed by atoms with van der Waals surface area (Å²) < 4.78 is 36.9. The highest BCUT2D eigenvalue weighted by Crippen LogP contribution is 2.28. The molecule has 0 spiro atoms. The summed E-state index contributed by atoms with van der Waals surface area (Å²) in [6.07, 6.45) is -5.07. The van der Waals surface area contributed by atoms with Gasteiger partial charge in [-0.15, -0.1) is 0 Å². The third-order valence-electron chi connectivity index (χ3n) is 2.31. The van der Waals surface area contributed by atoms with Gasteiger partial charge in [0.2, 0.25) is 0 Å². The number of hydrogen-bond acceptors (Lipinski definition) is 4. The van der Waals surface area contributed by atoms with Gasteiger partial charge in [-0.1, -0.05) is 0 Å². The van der Waals surface area contributed by atoms with Gasteiger partial charge < -0.3 is 15.5 Å². The number of aromatic nitrogens is 1. The number of hydrogen-bond donors (Lipinski definition) is 3. The van der Waals surface area contributed by atoms with Gasteiger partial charge in [-0.25, -0.2) is 4.79 Å². The molecule has 1 unspecified atom stereocenters. The first-order valence-electron chi connectivity index (χ1n) is 5.40. The Labute approximate surface area is 115 Å². The Balaban J connectivity index is 2.83. The molecular formula is C11H9F3N2O5. The number of amides is 1. The van der Waals surface area contributed by atoms with Crippen LogP contribution in [0.4, 0.5) is 13.2 Å². The zero-order valence-corrected chi connectivity index (χ0v) is 10.2. The first kappa shape index (κ1) is 16.4. The van der Waals surface area contributed by atoms with E-state index in [1.807, 2.05) is 5.32 Å². The van der Waals surface area contributed by atoms with Gasteiger partial charge in [0.15, 0.2) is 0 Å². The lowest BCUT2D eigenvalue weighted by atomic mass is 10.2. The standard InChI is InChI=1S/C11H9F3N2O5/c12-11(13,14)5-1-2-6(15-4-5)9(19)16-7(10(20)21)3-8(17)18/h1-2,4,7H,3H2,(H,16,19)(H,17,18)(H,20,21). The summed E-state index contributed by atoms with van der Waals surface area (Å²) in [6.45, 7) is 0. The van der Waals surface area contributed by atoms with Crippen LogP contribution in [-0.4, -0.2) is 39.1 Å². The number of carboxylic acid groups (broad SMARTS) is 2. The van der Waals surface area contributed by atoms with Gasteiger partial charge in [0, 0.05) is 6.20 Å². The summed E-state index contributed by atoms with van der Waals surface area (Å²) >= 11 is 0. The Kier molecular flexibility index (Phi) is 4.84. The minimum absolute atomic E-state index is 0.419. The molecule has 1 aromatic rings. The molecule has 0 radical (unpaired) electrons. The molecule has 1 atom stereocenters. The fraction of sp³-hybridized carbons (Fsp3) is 0.273. The summed E-state index contributed by atoms with van der Waals surface area (Å²) in [5.41, 5.74) is -1.53. The maximum absolute atomic E-state index is 12.3. The topological polar surface area (TPSA) is 117 Å². The van der Waals surface area contributed by atoms with Crippen molar-refractivity contribution >= 4 is 17.8 Å². The molecule has 1 amide bonds. The van der Waals surface area contributed by atoms with Crippen LogP contribution in [0.3, 0.4) is 0 Å². The highest BCUT2D eigenvalue weighted by Gasteiger charge is 2.31. The van der Waals surface area contributed by atoms with Crippen LogP contribution in [0, 0.1) is 0 Å². The van der Waals surface area contributed by atoms with Crippen molar-refractivity contribution in [3.63, 3.8) is 0 Å². The number of carbonyl (C=O) groups excluding carboxylic acids is 1. The molecule has 0 saturated carbocycles. The van der Waals surface area contributed by atoms with E-state index >= 15 is 0 Å². The summed E-state index contributed by atoms with van der Waals surface area (Å²) in [6, 6.07) is -0.341. The fourth-order valence-corrected chi connectivity index (χ4v) is 1.30. The lowest BCUT2D eigenvalue weighted by Gasteiger charge is -2.12. The quantitative estimate of drug-likeness (QED) is 0.739. The van der Waals surface area contributed by atoms with Crippen LogP contribution >= 0.6 is 0 Å². The van der Waals surface area contributed by atoms with Crippen molar-refractivity contribution in [1.82, 2.24) is 10.3 Å². The van der Waals surface area contributed by atoms with E-state index in [-0.39, 0.29) is 0 Å². The highest BCUT2D eigenvalue weighted by atomic mass is 19.4. The lowest BCUT2D eigenvalue weighted by molar-refractivity contribution is -0.145. The summed E-state index contributed by atoms with van der Waals surface area (Å²) in [7, 11) is 0. The van der Waals surface area contributed by atoms with Gasteiger partial charge >= 0.3 is 18.1 Å². The zero-order chi connectivity index (χ0) is 16.2. The van der Waals surface area contributed by atoms with Crippen LogP contribution < -0.4 is 5.32 Å². The molecule has 0 aliphatic heterocycles. The highest BCUT2D eigenvalue weighted by molar-refractivity contribution is 5.95. The number of carboxylic acids is 2. The first-order chi connectivity index (χ1) is 9.61. The molecule has 1 rings (SSSR count). The predicted octanol–water partition coefficient (Wildman–Crippen LogP) is 0.758. The summed E-state index contributed by atoms with van der Waals surface area (Å²) in [4.78, 5) is 36.0. The number of pyridine rings is 1. The molecule has 3 N–H and O–H groups in total. The molecule has 0 aliphatic carbocycles. The number of nitrogens with one attached hydrogen (secondary N) is 1. The van der Waals surface area contributed by atoms with Crippen LogP contribution in [0.1, 0.15) is 22.5 Å². The van der Waals surface area contributed by atoms with Gasteiger partial charge in [0.1, 0.15) is 11.7 Å². The molecule has 0 aliphatic rings. The minimum Gasteiger partial charge on any atom is -0.481 e. The van der Waals surface area contributed by atoms with Crippen LogP contribution in [0.25, 0.3) is 0 Å². The van der Waals surface area contributed by atoms with E-state index in [0.717, 1.165) is 6.07 Å². The number of nitrogens with zero attached hydrogens (tertiary/aromatic N) is 1. The number of rotatable bonds is 5. The molecule has 1 aromatic heterocycles. The Morgan fingerprint density at radius 2 is 1.86 bits per heavy atom. The molecule has 114 valence electrons. The van der Waals surface area contributed by atoms with Crippen LogP contribution in [0.15, 0.2) is 18.3 Å². The monoisotopic (exact) mass is 306 g/mol. The fourth-order valence-electron chi connectivity index (χ4n) is 1.30. The number of carbonyl (C=O) groups is 3. The van der Waals surface area contributed by atoms with Crippen molar-refractivity contribution in [1.29, 1.82) is 0 Å². The zero-order valence-electron chi connectivity index (χ0n) is 10.2. The molecule has 0 fully saturated rings. The molecular weight excluding hydrogens is 297 g/mol. The van der Waals surface area contributed by atoms with E-state index in [1.165, 1.54) is 0 Å². The van der Waals surface area contributed by atoms with Crippen LogP contribution in [-0.2, 0) is 15.8 Å². The van der Waals surface area contributed by atoms with Gasteiger partial charge in [-0.05, 0) is 12.1 Å². The Morgan fingerprint density at radius 1 is 1.24 bits per heavy atom. The van der Waals surface area contributed by atoms with E-state index in [9.17, 15) is 27.6 Å². The van der Waals surface area contributed by atoms with E-state index in [0.29, 0.717) is 12.3 Å². The third-order valence-corrected chi connectivity index (χ3v) is 2.31. The number of aliphatic carboxylic acids is 2. The Hall–Kier alpha value is -2.65. The van der Waals surface area contributed by atoms with Gasteiger partial charge in [0.05, 0.1) is 12.0 Å². The smallest absolute Gasteiger partial charge is 0.417 e. The second-order valence-electron chi connectivity index (χ2n) is 3.89. The molecule has 0 bridgehead atoms. The maximum atomic E-state index is 12.3. The molecule has 10 heteroatoms. The van der Waals surface area contributed by atoms with Crippen molar-refractivity contribution in [3.05, 3.63) is 29.6 Å². The van der Waals surface area contributed by atoms with E-state index in [2.05, 4.69) is 4.98 Å². The van der Waals surface area contributed by atoms with Crippen LogP contribution in [0.2, 0.25) is 0 Å². The molecule has 21 heavy (non-hydrogen) atoms. The normalized spacial score (nSPS) is 12.5. The average Bonchev–Trinajstić information content (AvgIpc) is 2.36. The Bertz CT molecular complexity index is 556. The molecule has 0 aromatic carbocycles. The molecule has 0 saturated heterocycles. The lowest BCUT2D eigenvalue weighted by Crippen LogP contribution is -2.42. The minimum atomic E-state index is -4.62. The predicted molar refractivity (Wildman–Crippen MR) is 60.4 cm³/mol. The van der Waals surface area contributed by atoms with Crippen molar-refractivity contribution in [2.45, 2.75) is 18.6 Å². The van der Waals surface area contributed by atoms with E-state index in [4.69, 9.17) is 10.2 Å². The second-order valence-corrected chi connectivity index (χ2v) is 3.89.